The zero-order chi connectivity index (χ0) is 19.7. The summed E-state index contributed by atoms with van der Waals surface area (Å²) < 4.78 is 3.82. The van der Waals surface area contributed by atoms with Crippen LogP contribution in [0.15, 0.2) is 24.3 Å². The van der Waals surface area contributed by atoms with E-state index in [2.05, 4.69) is 31.9 Å². The van der Waals surface area contributed by atoms with Gasteiger partial charge in [0.25, 0.3) is 17.7 Å². The summed E-state index contributed by atoms with van der Waals surface area (Å²) in [7, 11) is 0. The number of carbonyl (C=O) groups is 4. The van der Waals surface area contributed by atoms with E-state index in [9.17, 15) is 19.2 Å². The molecule has 0 saturated carbocycles. The predicted octanol–water partition coefficient (Wildman–Crippen LogP) is 2.33. The minimum absolute atomic E-state index is 0.253. The Morgan fingerprint density at radius 1 is 1.15 bits per heavy atom. The van der Waals surface area contributed by atoms with Gasteiger partial charge in [-0.2, -0.15) is 0 Å². The number of β-lactam (4-membered cyclic amide) rings is 1. The topological polar surface area (TPSA) is 84.0 Å². The van der Waals surface area contributed by atoms with Crippen molar-refractivity contribution in [2.24, 2.45) is 0 Å². The first kappa shape index (κ1) is 18.9. The maximum Gasteiger partial charge on any atom is 0.332 e. The Bertz CT molecular complexity index is 868. The third-order valence-corrected chi connectivity index (χ3v) is 8.66. The van der Waals surface area contributed by atoms with E-state index >= 15 is 0 Å². The number of amides is 3. The first-order valence-electron chi connectivity index (χ1n) is 8.07. The Morgan fingerprint density at radius 3 is 2.26 bits per heavy atom. The number of ether oxygens (including phenoxy) is 1. The molecule has 0 aromatic heterocycles. The number of nitrogens with zero attached hydrogens (tertiary/aromatic N) is 2. The number of carbonyl (C=O) groups excluding carboxylic acids is 4. The van der Waals surface area contributed by atoms with E-state index in [0.29, 0.717) is 0 Å². The lowest BCUT2D eigenvalue weighted by Crippen LogP contribution is -2.68. The van der Waals surface area contributed by atoms with Gasteiger partial charge in [0, 0.05) is 4.75 Å². The number of hydrogen-bond acceptors (Lipinski definition) is 6. The molecule has 2 saturated heterocycles. The normalized spacial score (nSPS) is 27.3. The summed E-state index contributed by atoms with van der Waals surface area (Å²) in [5.74, 6) is -1.90. The smallest absolute Gasteiger partial charge is 0.332 e. The number of hydrogen-bond donors (Lipinski definition) is 0. The molecule has 0 spiro atoms. The summed E-state index contributed by atoms with van der Waals surface area (Å²) in [5.41, 5.74) is 0.577. The summed E-state index contributed by atoms with van der Waals surface area (Å²) >= 11 is 8.17. The van der Waals surface area contributed by atoms with Gasteiger partial charge in [0.15, 0.2) is 9.96 Å². The molecule has 4 rings (SSSR count). The molecule has 3 aliphatic rings. The molecule has 142 valence electrons. The third kappa shape index (κ3) is 2.60. The first-order valence-corrected chi connectivity index (χ1v) is 10.5. The maximum absolute atomic E-state index is 12.7. The number of fused-ring (bicyclic) bond motifs is 2. The third-order valence-electron chi connectivity index (χ3n) is 4.87. The molecule has 0 bridgehead atoms. The highest BCUT2D eigenvalue weighted by Crippen LogP contribution is 2.60. The van der Waals surface area contributed by atoms with E-state index < -0.39 is 38.5 Å². The molecule has 1 aromatic carbocycles. The summed E-state index contributed by atoms with van der Waals surface area (Å²) in [6, 6.07) is 5.64. The van der Waals surface area contributed by atoms with Crippen molar-refractivity contribution in [2.45, 2.75) is 33.2 Å². The van der Waals surface area contributed by atoms with Crippen molar-refractivity contribution in [3.8, 4) is 0 Å². The van der Waals surface area contributed by atoms with Crippen LogP contribution in [0.4, 0.5) is 0 Å². The second kappa shape index (κ2) is 6.05. The Morgan fingerprint density at radius 2 is 1.70 bits per heavy atom. The average Bonchev–Trinajstić information content (AvgIpc) is 3.03. The van der Waals surface area contributed by atoms with Crippen molar-refractivity contribution in [2.75, 3.05) is 6.73 Å². The number of esters is 1. The molecule has 0 unspecified atom stereocenters. The lowest BCUT2D eigenvalue weighted by atomic mass is 9.98. The van der Waals surface area contributed by atoms with E-state index in [1.54, 1.807) is 24.3 Å². The van der Waals surface area contributed by atoms with Gasteiger partial charge in [-0.3, -0.25) is 14.4 Å². The predicted molar refractivity (Wildman–Crippen MR) is 105 cm³/mol. The lowest BCUT2D eigenvalue weighted by molar-refractivity contribution is -0.163. The minimum Gasteiger partial charge on any atom is -0.442 e. The molecule has 0 aliphatic carbocycles. The summed E-state index contributed by atoms with van der Waals surface area (Å²) in [5, 5.41) is -0.253. The number of thioether (sulfide) groups is 1. The van der Waals surface area contributed by atoms with E-state index in [1.807, 2.05) is 13.8 Å². The number of alkyl halides is 2. The molecule has 2 fully saturated rings. The number of imide groups is 1. The van der Waals surface area contributed by atoms with Crippen LogP contribution in [0.5, 0.6) is 0 Å². The quantitative estimate of drug-likeness (QED) is 0.265. The highest BCUT2D eigenvalue weighted by atomic mass is 79.9. The van der Waals surface area contributed by atoms with Crippen LogP contribution in [-0.4, -0.2) is 59.6 Å². The molecule has 0 radical (unpaired) electrons. The molecule has 7 nitrogen and oxygen atoms in total. The molecule has 0 N–H and O–H groups in total. The van der Waals surface area contributed by atoms with Crippen molar-refractivity contribution in [3.05, 3.63) is 35.4 Å². The van der Waals surface area contributed by atoms with Crippen LogP contribution in [0.25, 0.3) is 0 Å². The Hall–Kier alpha value is -1.39. The fourth-order valence-corrected chi connectivity index (χ4v) is 6.43. The van der Waals surface area contributed by atoms with Crippen molar-refractivity contribution in [1.29, 1.82) is 0 Å². The fourth-order valence-electron chi connectivity index (χ4n) is 3.52. The first-order chi connectivity index (χ1) is 12.6. The molecular formula is C17H14Br2N2O5S. The van der Waals surface area contributed by atoms with Gasteiger partial charge in [-0.25, -0.2) is 9.69 Å². The van der Waals surface area contributed by atoms with Crippen LogP contribution in [0.3, 0.4) is 0 Å². The van der Waals surface area contributed by atoms with Crippen LogP contribution in [0, 0.1) is 0 Å². The Kier molecular flexibility index (Phi) is 4.25. The van der Waals surface area contributed by atoms with Gasteiger partial charge in [0.2, 0.25) is 0 Å². The number of benzene rings is 1. The second-order valence-electron chi connectivity index (χ2n) is 6.99. The zero-order valence-electron chi connectivity index (χ0n) is 14.3. The minimum atomic E-state index is -0.889. The van der Waals surface area contributed by atoms with E-state index in [-0.39, 0.29) is 22.4 Å². The molecular weight excluding hydrogens is 504 g/mol. The van der Waals surface area contributed by atoms with Gasteiger partial charge < -0.3 is 9.64 Å². The molecule has 3 heterocycles. The van der Waals surface area contributed by atoms with Gasteiger partial charge in [-0.1, -0.05) is 44.0 Å². The number of halogens is 2. The van der Waals surface area contributed by atoms with Crippen molar-refractivity contribution >= 4 is 67.3 Å². The van der Waals surface area contributed by atoms with Gasteiger partial charge >= 0.3 is 5.97 Å². The van der Waals surface area contributed by atoms with Crippen LogP contribution >= 0.6 is 43.6 Å². The average molecular weight is 518 g/mol. The molecule has 3 aliphatic heterocycles. The summed E-state index contributed by atoms with van der Waals surface area (Å²) in [6.07, 6.45) is 0. The van der Waals surface area contributed by atoms with Crippen LogP contribution in [0.1, 0.15) is 34.6 Å². The van der Waals surface area contributed by atoms with Crippen LogP contribution in [-0.2, 0) is 14.3 Å². The fraction of sp³-hybridized carbons (Fsp3) is 0.412. The Labute approximate surface area is 176 Å². The van der Waals surface area contributed by atoms with E-state index in [1.165, 1.54) is 16.7 Å². The standard InChI is InChI=1S/C17H14Br2N2O5S/c1-16(2)10(21-14(25)17(18,19)15(21)27-16)13(24)26-7-20-11(22)8-5-3-4-6-9(8)12(20)23/h3-6,10,15H,7H2,1-2H3/t10-,15+/m0/s1. The van der Waals surface area contributed by atoms with Crippen molar-refractivity contribution < 1.29 is 23.9 Å². The van der Waals surface area contributed by atoms with Gasteiger partial charge in [0.05, 0.1) is 11.1 Å². The molecule has 1 aromatic rings. The molecule has 2 atom stereocenters. The highest BCUT2D eigenvalue weighted by molar-refractivity contribution is 9.26. The lowest BCUT2D eigenvalue weighted by Gasteiger charge is -2.46. The summed E-state index contributed by atoms with van der Waals surface area (Å²) in [6.45, 7) is 3.23. The molecule has 27 heavy (non-hydrogen) atoms. The maximum atomic E-state index is 12.7. The van der Waals surface area contributed by atoms with Gasteiger partial charge in [0.1, 0.15) is 11.4 Å². The van der Waals surface area contributed by atoms with Crippen LogP contribution < -0.4 is 0 Å². The van der Waals surface area contributed by atoms with Crippen LogP contribution in [0.2, 0.25) is 0 Å². The van der Waals surface area contributed by atoms with Gasteiger partial charge in [-0.05, 0) is 26.0 Å². The monoisotopic (exact) mass is 516 g/mol. The SMILES string of the molecule is CC1(C)S[C@H]2N(C(=O)C2(Br)Br)[C@H]1C(=O)OCN1C(=O)c2ccccc2C1=O. The van der Waals surface area contributed by atoms with E-state index in [4.69, 9.17) is 4.74 Å². The number of rotatable bonds is 3. The second-order valence-corrected chi connectivity index (χ2v) is 12.3. The molecule has 3 amide bonds. The summed E-state index contributed by atoms with van der Waals surface area (Å²) in [4.78, 5) is 52.2. The van der Waals surface area contributed by atoms with Crippen molar-refractivity contribution in [1.82, 2.24) is 9.80 Å². The Balaban J connectivity index is 1.49. The molecule has 10 heteroatoms. The largest absolute Gasteiger partial charge is 0.442 e. The van der Waals surface area contributed by atoms with Gasteiger partial charge in [-0.15, -0.1) is 11.8 Å². The zero-order valence-corrected chi connectivity index (χ0v) is 18.3. The highest BCUT2D eigenvalue weighted by Gasteiger charge is 2.70. The van der Waals surface area contributed by atoms with E-state index in [0.717, 1.165) is 4.90 Å². The van der Waals surface area contributed by atoms with Crippen molar-refractivity contribution in [3.63, 3.8) is 0 Å².